The summed E-state index contributed by atoms with van der Waals surface area (Å²) in [5.41, 5.74) is 1.88. The monoisotopic (exact) mass is 321 g/mol. The van der Waals surface area contributed by atoms with Crippen molar-refractivity contribution < 1.29 is 8.42 Å². The molecule has 21 heavy (non-hydrogen) atoms. The van der Waals surface area contributed by atoms with Gasteiger partial charge in [0.25, 0.3) is 9.05 Å². The molecule has 0 saturated carbocycles. The number of pyridine rings is 1. The van der Waals surface area contributed by atoms with Crippen LogP contribution in [0.4, 0.5) is 0 Å². The smallest absolute Gasteiger partial charge is 0.280 e. The van der Waals surface area contributed by atoms with E-state index in [1.807, 2.05) is 30.3 Å². The third-order valence-electron chi connectivity index (χ3n) is 3.26. The van der Waals surface area contributed by atoms with E-state index in [9.17, 15) is 8.42 Å². The Bertz CT molecular complexity index is 914. The predicted molar refractivity (Wildman–Crippen MR) is 80.8 cm³/mol. The van der Waals surface area contributed by atoms with Gasteiger partial charge < -0.3 is 4.57 Å². The van der Waals surface area contributed by atoms with E-state index in [2.05, 4.69) is 9.97 Å². The third kappa shape index (κ3) is 2.77. The topological polar surface area (TPSA) is 64.8 Å². The number of nitrogens with zero attached hydrogens (tertiary/aromatic N) is 3. The molecule has 0 amide bonds. The molecule has 0 saturated heterocycles. The maximum Gasteiger partial charge on any atom is 0.280 e. The number of aryl methyl sites for hydroxylation is 1. The first-order valence-electron chi connectivity index (χ1n) is 6.26. The molecule has 2 heterocycles. The van der Waals surface area contributed by atoms with Crippen LogP contribution in [0.15, 0.2) is 47.8 Å². The molecule has 5 nitrogen and oxygen atoms in total. The Morgan fingerprint density at radius 3 is 2.71 bits per heavy atom. The number of benzene rings is 1. The Hall–Kier alpha value is -1.92. The third-order valence-corrected chi connectivity index (χ3v) is 4.43. The van der Waals surface area contributed by atoms with Crippen molar-refractivity contribution in [3.63, 3.8) is 0 Å². The van der Waals surface area contributed by atoms with Gasteiger partial charge in [0.15, 0.2) is 5.03 Å². The standard InChI is InChI=1S/C14H12ClN3O2S/c1-10-17-13(21(15,19)20)9-18(10)8-12-5-2-4-11-6-3-7-16-14(11)12/h2-7,9H,8H2,1H3. The summed E-state index contributed by atoms with van der Waals surface area (Å²) in [6.07, 6.45) is 3.18. The normalized spacial score (nSPS) is 11.9. The number of hydrogen-bond acceptors (Lipinski definition) is 4. The van der Waals surface area contributed by atoms with Gasteiger partial charge in [-0.3, -0.25) is 4.98 Å². The summed E-state index contributed by atoms with van der Waals surface area (Å²) in [5, 5.41) is 0.910. The van der Waals surface area contributed by atoms with Crippen LogP contribution in [0.3, 0.4) is 0 Å². The molecule has 0 aliphatic rings. The lowest BCUT2D eigenvalue weighted by atomic mass is 10.1. The van der Waals surface area contributed by atoms with Crippen molar-refractivity contribution in [3.05, 3.63) is 54.1 Å². The van der Waals surface area contributed by atoms with E-state index in [4.69, 9.17) is 10.7 Å². The van der Waals surface area contributed by atoms with Gasteiger partial charge in [-0.15, -0.1) is 0 Å². The summed E-state index contributed by atoms with van der Waals surface area (Å²) in [6, 6.07) is 9.77. The summed E-state index contributed by atoms with van der Waals surface area (Å²) in [4.78, 5) is 8.37. The zero-order valence-corrected chi connectivity index (χ0v) is 12.8. The number of imidazole rings is 1. The number of fused-ring (bicyclic) bond motifs is 1. The second-order valence-corrected chi connectivity index (χ2v) is 7.20. The molecule has 0 spiro atoms. The molecule has 0 fully saturated rings. The van der Waals surface area contributed by atoms with Crippen LogP contribution in [0.2, 0.25) is 0 Å². The average Bonchev–Trinajstić information content (AvgIpc) is 2.81. The fraction of sp³-hybridized carbons (Fsp3) is 0.143. The average molecular weight is 322 g/mol. The highest BCUT2D eigenvalue weighted by molar-refractivity contribution is 8.13. The number of rotatable bonds is 3. The van der Waals surface area contributed by atoms with E-state index >= 15 is 0 Å². The summed E-state index contributed by atoms with van der Waals surface area (Å²) in [5.74, 6) is 0.585. The van der Waals surface area contributed by atoms with Crippen LogP contribution in [0.25, 0.3) is 10.9 Å². The minimum atomic E-state index is -3.81. The zero-order valence-electron chi connectivity index (χ0n) is 11.2. The largest absolute Gasteiger partial charge is 0.329 e. The zero-order chi connectivity index (χ0) is 15.0. The van der Waals surface area contributed by atoms with Gasteiger partial charge >= 0.3 is 0 Å². The van der Waals surface area contributed by atoms with Gasteiger partial charge in [-0.2, -0.15) is 0 Å². The Balaban J connectivity index is 2.05. The molecule has 3 aromatic rings. The Kier molecular flexibility index (Phi) is 3.43. The highest BCUT2D eigenvalue weighted by Gasteiger charge is 2.16. The molecule has 0 N–H and O–H groups in total. The molecule has 0 bridgehead atoms. The highest BCUT2D eigenvalue weighted by Crippen LogP contribution is 2.19. The van der Waals surface area contributed by atoms with Crippen molar-refractivity contribution in [1.82, 2.24) is 14.5 Å². The second kappa shape index (κ2) is 5.13. The maximum absolute atomic E-state index is 11.3. The summed E-state index contributed by atoms with van der Waals surface area (Å²) < 4.78 is 24.4. The quantitative estimate of drug-likeness (QED) is 0.696. The lowest BCUT2D eigenvalue weighted by Crippen LogP contribution is -2.02. The van der Waals surface area contributed by atoms with Crippen LogP contribution in [0.1, 0.15) is 11.4 Å². The van der Waals surface area contributed by atoms with Gasteiger partial charge in [-0.1, -0.05) is 24.3 Å². The molecule has 108 valence electrons. The minimum Gasteiger partial charge on any atom is -0.329 e. The van der Waals surface area contributed by atoms with Crippen LogP contribution < -0.4 is 0 Å². The van der Waals surface area contributed by atoms with Gasteiger partial charge in [0.05, 0.1) is 12.1 Å². The van der Waals surface area contributed by atoms with E-state index in [0.717, 1.165) is 16.5 Å². The van der Waals surface area contributed by atoms with E-state index in [1.54, 1.807) is 17.7 Å². The van der Waals surface area contributed by atoms with Crippen molar-refractivity contribution in [2.24, 2.45) is 0 Å². The van der Waals surface area contributed by atoms with Crippen molar-refractivity contribution >= 4 is 30.6 Å². The Labute approximate surface area is 126 Å². The maximum atomic E-state index is 11.3. The first-order valence-corrected chi connectivity index (χ1v) is 8.57. The number of halogens is 1. The Morgan fingerprint density at radius 2 is 2.00 bits per heavy atom. The SMILES string of the molecule is Cc1nc(S(=O)(=O)Cl)cn1Cc1cccc2cccnc12. The fourth-order valence-electron chi connectivity index (χ4n) is 2.24. The van der Waals surface area contributed by atoms with E-state index < -0.39 is 9.05 Å². The lowest BCUT2D eigenvalue weighted by molar-refractivity contribution is 0.606. The van der Waals surface area contributed by atoms with Crippen molar-refractivity contribution in [2.45, 2.75) is 18.5 Å². The van der Waals surface area contributed by atoms with E-state index in [0.29, 0.717) is 12.4 Å². The minimum absolute atomic E-state index is 0.130. The second-order valence-electron chi connectivity index (χ2n) is 4.68. The van der Waals surface area contributed by atoms with Crippen molar-refractivity contribution in [3.8, 4) is 0 Å². The molecule has 7 heteroatoms. The van der Waals surface area contributed by atoms with Gasteiger partial charge in [-0.05, 0) is 18.6 Å². The van der Waals surface area contributed by atoms with Crippen LogP contribution in [-0.4, -0.2) is 23.0 Å². The summed E-state index contributed by atoms with van der Waals surface area (Å²) >= 11 is 0. The number of para-hydroxylation sites is 1. The molecule has 1 aromatic carbocycles. The van der Waals surface area contributed by atoms with Crippen molar-refractivity contribution in [2.75, 3.05) is 0 Å². The van der Waals surface area contributed by atoms with E-state index in [-0.39, 0.29) is 5.03 Å². The van der Waals surface area contributed by atoms with Crippen LogP contribution in [0.5, 0.6) is 0 Å². The lowest BCUT2D eigenvalue weighted by Gasteiger charge is -2.07. The van der Waals surface area contributed by atoms with Gasteiger partial charge in [0, 0.05) is 28.5 Å². The van der Waals surface area contributed by atoms with Crippen LogP contribution >= 0.6 is 10.7 Å². The molecule has 0 atom stereocenters. The van der Waals surface area contributed by atoms with Crippen LogP contribution in [-0.2, 0) is 15.6 Å². The molecule has 0 aliphatic carbocycles. The number of hydrogen-bond donors (Lipinski definition) is 0. The van der Waals surface area contributed by atoms with Crippen molar-refractivity contribution in [1.29, 1.82) is 0 Å². The molecule has 2 aromatic heterocycles. The predicted octanol–water partition coefficient (Wildman–Crippen LogP) is 2.72. The summed E-state index contributed by atoms with van der Waals surface area (Å²) in [7, 11) is 1.51. The number of aromatic nitrogens is 3. The molecule has 0 unspecified atom stereocenters. The molecule has 0 aliphatic heterocycles. The highest BCUT2D eigenvalue weighted by atomic mass is 35.7. The first-order chi connectivity index (χ1) is 9.95. The van der Waals surface area contributed by atoms with Gasteiger partial charge in [0.1, 0.15) is 5.82 Å². The molecular weight excluding hydrogens is 310 g/mol. The Morgan fingerprint density at radius 1 is 1.24 bits per heavy atom. The van der Waals surface area contributed by atoms with E-state index in [1.165, 1.54) is 6.20 Å². The molecule has 3 rings (SSSR count). The molecular formula is C14H12ClN3O2S. The first kappa shape index (κ1) is 14.0. The van der Waals surface area contributed by atoms with Gasteiger partial charge in [-0.25, -0.2) is 13.4 Å². The fourth-order valence-corrected chi connectivity index (χ4v) is 2.95. The summed E-state index contributed by atoms with van der Waals surface area (Å²) in [6.45, 7) is 2.23. The van der Waals surface area contributed by atoms with Crippen LogP contribution in [0, 0.1) is 6.92 Å². The molecule has 0 radical (unpaired) electrons. The van der Waals surface area contributed by atoms with Gasteiger partial charge in [0.2, 0.25) is 0 Å².